The van der Waals surface area contributed by atoms with Crippen LogP contribution in [0.2, 0.25) is 0 Å². The lowest BCUT2D eigenvalue weighted by Crippen LogP contribution is -2.43. The Balaban J connectivity index is 1.87. The molecule has 0 saturated carbocycles. The van der Waals surface area contributed by atoms with E-state index in [4.69, 9.17) is 9.84 Å². The van der Waals surface area contributed by atoms with Crippen LogP contribution in [-0.2, 0) is 14.3 Å². The number of aromatic nitrogens is 2. The van der Waals surface area contributed by atoms with Crippen LogP contribution in [0, 0.1) is 0 Å². The van der Waals surface area contributed by atoms with E-state index in [2.05, 4.69) is 9.97 Å². The maximum absolute atomic E-state index is 12.9. The molecule has 4 rings (SSSR count). The molecule has 176 valence electrons. The number of esters is 1. The van der Waals surface area contributed by atoms with Crippen LogP contribution in [0.1, 0.15) is 20.7 Å². The zero-order valence-electron chi connectivity index (χ0n) is 17.7. The molecule has 0 aliphatic carbocycles. The van der Waals surface area contributed by atoms with Crippen molar-refractivity contribution in [3.8, 4) is 11.4 Å². The van der Waals surface area contributed by atoms with E-state index in [-0.39, 0.29) is 33.4 Å². The molecule has 4 N–H and O–H groups in total. The summed E-state index contributed by atoms with van der Waals surface area (Å²) < 4.78 is 4.84. The lowest BCUT2D eigenvalue weighted by Gasteiger charge is -2.17. The highest BCUT2D eigenvalue weighted by Gasteiger charge is 2.36. The Morgan fingerprint density at radius 1 is 0.714 bits per heavy atom. The van der Waals surface area contributed by atoms with Gasteiger partial charge in [-0.2, -0.15) is 0 Å². The molecule has 11 heteroatoms. The maximum atomic E-state index is 12.9. The number of ether oxygens (including phenoxy) is 1. The van der Waals surface area contributed by atoms with Crippen LogP contribution in [0.4, 0.5) is 0 Å². The van der Waals surface area contributed by atoms with Gasteiger partial charge in [-0.3, -0.25) is 0 Å². The van der Waals surface area contributed by atoms with Crippen LogP contribution < -0.4 is 0 Å². The number of carboxylic acids is 3. The van der Waals surface area contributed by atoms with Crippen molar-refractivity contribution in [2.24, 2.45) is 0 Å². The summed E-state index contributed by atoms with van der Waals surface area (Å²) in [7, 11) is 0. The summed E-state index contributed by atoms with van der Waals surface area (Å²) in [5, 5.41) is 38.1. The fourth-order valence-electron chi connectivity index (χ4n) is 3.52. The Labute approximate surface area is 195 Å². The number of carboxylic acid groups (broad SMARTS) is 3. The highest BCUT2D eigenvalue weighted by molar-refractivity contribution is 6.06. The number of nitrogens with zero attached hydrogens (tertiary/aromatic N) is 2. The molecule has 0 amide bonds. The number of pyridine rings is 2. The molecular weight excluding hydrogens is 460 g/mol. The van der Waals surface area contributed by atoms with Crippen molar-refractivity contribution in [3.63, 3.8) is 0 Å². The molecule has 0 spiro atoms. The molecule has 0 saturated heterocycles. The van der Waals surface area contributed by atoms with Crippen LogP contribution in [0.15, 0.2) is 60.7 Å². The van der Waals surface area contributed by atoms with E-state index in [9.17, 15) is 34.5 Å². The number of rotatable bonds is 7. The minimum Gasteiger partial charge on any atom is -0.479 e. The summed E-state index contributed by atoms with van der Waals surface area (Å²) in [5.41, 5.74) is 0.656. The number of para-hydroxylation sites is 2. The predicted molar refractivity (Wildman–Crippen MR) is 120 cm³/mol. The van der Waals surface area contributed by atoms with Crippen molar-refractivity contribution in [2.45, 2.75) is 12.2 Å². The zero-order valence-corrected chi connectivity index (χ0v) is 17.7. The second-order valence-corrected chi connectivity index (χ2v) is 7.40. The molecule has 0 aliphatic rings. The standard InChI is InChI=1S/C24H16N2O9/c27-19(22(30)31)20(23(32)33)35-24(34)14-10-18(26-16-8-4-2-6-12(14)16)17-9-13(21(28)29)11-5-1-3-7-15(11)25-17/h1-10,19-20,27H,(H,28,29)(H,30,31)(H,32,33). The molecule has 0 radical (unpaired) electrons. The van der Waals surface area contributed by atoms with E-state index in [1.54, 1.807) is 42.5 Å². The van der Waals surface area contributed by atoms with Gasteiger partial charge in [0.1, 0.15) is 0 Å². The molecule has 2 aromatic heterocycles. The third kappa shape index (κ3) is 4.48. The lowest BCUT2D eigenvalue weighted by molar-refractivity contribution is -0.166. The van der Waals surface area contributed by atoms with Crippen LogP contribution in [0.3, 0.4) is 0 Å². The molecule has 2 atom stereocenters. The van der Waals surface area contributed by atoms with E-state index in [1.165, 1.54) is 18.2 Å². The first-order valence-corrected chi connectivity index (χ1v) is 10.0. The van der Waals surface area contributed by atoms with Gasteiger partial charge in [-0.15, -0.1) is 0 Å². The van der Waals surface area contributed by atoms with Gasteiger partial charge in [0.25, 0.3) is 0 Å². The number of carbonyl (C=O) groups excluding carboxylic acids is 1. The number of hydrogen-bond donors (Lipinski definition) is 4. The van der Waals surface area contributed by atoms with Gasteiger partial charge in [0.15, 0.2) is 6.10 Å². The van der Waals surface area contributed by atoms with Crippen LogP contribution >= 0.6 is 0 Å². The number of aliphatic hydroxyl groups is 1. The Kier molecular flexibility index (Phi) is 6.08. The third-order valence-electron chi connectivity index (χ3n) is 5.16. The van der Waals surface area contributed by atoms with Gasteiger partial charge in [-0.05, 0) is 24.3 Å². The summed E-state index contributed by atoms with van der Waals surface area (Å²) in [6.45, 7) is 0. The highest BCUT2D eigenvalue weighted by atomic mass is 16.6. The normalized spacial score (nSPS) is 12.7. The second-order valence-electron chi connectivity index (χ2n) is 7.40. The van der Waals surface area contributed by atoms with Crippen LogP contribution in [0.25, 0.3) is 33.2 Å². The van der Waals surface area contributed by atoms with Gasteiger partial charge < -0.3 is 25.2 Å². The molecule has 35 heavy (non-hydrogen) atoms. The summed E-state index contributed by atoms with van der Waals surface area (Å²) in [5.74, 6) is -6.16. The van der Waals surface area contributed by atoms with Gasteiger partial charge in [0.2, 0.25) is 6.10 Å². The predicted octanol–water partition coefficient (Wildman–Crippen LogP) is 2.20. The van der Waals surface area contributed by atoms with Gasteiger partial charge >= 0.3 is 23.9 Å². The quantitative estimate of drug-likeness (QED) is 0.287. The fourth-order valence-corrected chi connectivity index (χ4v) is 3.52. The van der Waals surface area contributed by atoms with Crippen molar-refractivity contribution in [3.05, 3.63) is 71.8 Å². The van der Waals surface area contributed by atoms with Crippen LogP contribution in [-0.4, -0.2) is 66.5 Å². The van der Waals surface area contributed by atoms with E-state index >= 15 is 0 Å². The first-order valence-electron chi connectivity index (χ1n) is 10.0. The van der Waals surface area contributed by atoms with Gasteiger partial charge in [-0.1, -0.05) is 36.4 Å². The molecule has 0 fully saturated rings. The Morgan fingerprint density at radius 2 is 1.20 bits per heavy atom. The summed E-state index contributed by atoms with van der Waals surface area (Å²) >= 11 is 0. The van der Waals surface area contributed by atoms with E-state index in [0.717, 1.165) is 0 Å². The van der Waals surface area contributed by atoms with Gasteiger partial charge in [0, 0.05) is 10.8 Å². The largest absolute Gasteiger partial charge is 0.479 e. The minimum absolute atomic E-state index is 0.0415. The summed E-state index contributed by atoms with van der Waals surface area (Å²) in [6, 6.07) is 15.4. The monoisotopic (exact) mass is 476 g/mol. The van der Waals surface area contributed by atoms with Crippen LogP contribution in [0.5, 0.6) is 0 Å². The Morgan fingerprint density at radius 3 is 1.69 bits per heavy atom. The minimum atomic E-state index is -2.50. The smallest absolute Gasteiger partial charge is 0.348 e. The topological polar surface area (TPSA) is 184 Å². The number of fused-ring (bicyclic) bond motifs is 2. The second kappa shape index (κ2) is 9.15. The fraction of sp³-hybridized carbons (Fsp3) is 0.0833. The Hall–Kier alpha value is -4.90. The molecule has 0 aliphatic heterocycles. The van der Waals surface area contributed by atoms with Crippen molar-refractivity contribution in [1.82, 2.24) is 9.97 Å². The molecule has 11 nitrogen and oxygen atoms in total. The van der Waals surface area contributed by atoms with E-state index < -0.39 is 36.1 Å². The summed E-state index contributed by atoms with van der Waals surface area (Å²) in [4.78, 5) is 56.1. The number of aromatic carboxylic acids is 1. The maximum Gasteiger partial charge on any atom is 0.348 e. The third-order valence-corrected chi connectivity index (χ3v) is 5.16. The molecular formula is C24H16N2O9. The number of aliphatic carboxylic acids is 2. The average molecular weight is 476 g/mol. The van der Waals surface area contributed by atoms with Crippen molar-refractivity contribution in [2.75, 3.05) is 0 Å². The van der Waals surface area contributed by atoms with Crippen molar-refractivity contribution in [1.29, 1.82) is 0 Å². The molecule has 2 aromatic carbocycles. The first-order chi connectivity index (χ1) is 16.7. The van der Waals surface area contributed by atoms with Gasteiger partial charge in [-0.25, -0.2) is 29.1 Å². The first kappa shape index (κ1) is 23.3. The van der Waals surface area contributed by atoms with E-state index in [1.807, 2.05) is 0 Å². The number of aliphatic hydroxyl groups excluding tert-OH is 1. The van der Waals surface area contributed by atoms with Gasteiger partial charge in [0.05, 0.1) is 33.5 Å². The zero-order chi connectivity index (χ0) is 25.3. The molecule has 2 unspecified atom stereocenters. The highest BCUT2D eigenvalue weighted by Crippen LogP contribution is 2.28. The summed E-state index contributed by atoms with van der Waals surface area (Å²) in [6.07, 6.45) is -4.86. The number of carbonyl (C=O) groups is 4. The molecule has 4 aromatic rings. The lowest BCUT2D eigenvalue weighted by atomic mass is 10.0. The molecule has 2 heterocycles. The number of benzene rings is 2. The average Bonchev–Trinajstić information content (AvgIpc) is 2.84. The van der Waals surface area contributed by atoms with Crippen molar-refractivity contribution >= 4 is 45.7 Å². The Bertz CT molecular complexity index is 1520. The number of hydrogen-bond acceptors (Lipinski definition) is 8. The molecule has 0 bridgehead atoms. The van der Waals surface area contributed by atoms with E-state index in [0.29, 0.717) is 10.9 Å². The SMILES string of the molecule is O=C(O)c1cc(-c2cc(C(=O)OC(C(=O)O)C(O)C(=O)O)c3ccccc3n2)nc2ccccc12. The van der Waals surface area contributed by atoms with Crippen molar-refractivity contribution < 1.29 is 44.3 Å².